The fraction of sp³-hybridized carbons (Fsp3) is 0.400. The maximum atomic E-state index is 11.7. The Bertz CT molecular complexity index is 652. The second-order valence-corrected chi connectivity index (χ2v) is 5.57. The van der Waals surface area contributed by atoms with Crippen molar-refractivity contribution in [3.63, 3.8) is 0 Å². The highest BCUT2D eigenvalue weighted by atomic mass is 35.5. The van der Waals surface area contributed by atoms with Crippen LogP contribution < -0.4 is 4.74 Å². The summed E-state index contributed by atoms with van der Waals surface area (Å²) in [6.45, 7) is 5.41. The summed E-state index contributed by atoms with van der Waals surface area (Å²) >= 11 is 5.93. The van der Waals surface area contributed by atoms with Crippen molar-refractivity contribution in [2.45, 2.75) is 26.7 Å². The van der Waals surface area contributed by atoms with Gasteiger partial charge >= 0.3 is 0 Å². The van der Waals surface area contributed by atoms with Crippen molar-refractivity contribution in [1.82, 2.24) is 10.1 Å². The Kier molecular flexibility index (Phi) is 4.63. The normalized spacial score (nSPS) is 12.5. The molecule has 1 heterocycles. The number of carbonyl (C=O) groups excluding carboxylic acids is 1. The number of nitrogens with zero attached hydrogens (tertiary/aromatic N) is 2. The lowest BCUT2D eigenvalue weighted by Crippen LogP contribution is -2.15. The zero-order valence-corrected chi connectivity index (χ0v) is 13.1. The summed E-state index contributed by atoms with van der Waals surface area (Å²) in [5.41, 5.74) is 0.669. The van der Waals surface area contributed by atoms with Crippen LogP contribution in [0.2, 0.25) is 5.02 Å². The molecule has 112 valence electrons. The zero-order chi connectivity index (χ0) is 15.6. The number of aromatic nitrogens is 2. The van der Waals surface area contributed by atoms with Crippen molar-refractivity contribution >= 4 is 17.4 Å². The largest absolute Gasteiger partial charge is 0.496 e. The molecule has 0 bridgehead atoms. The van der Waals surface area contributed by atoms with E-state index in [9.17, 15) is 4.79 Å². The monoisotopic (exact) mass is 308 g/mol. The molecule has 5 nitrogen and oxygen atoms in total. The van der Waals surface area contributed by atoms with E-state index in [0.717, 1.165) is 0 Å². The number of methoxy groups -OCH3 is 1. The number of Topliss-reactive ketones (excluding diaryl/α,β-unsaturated/α-hetero) is 1. The Balaban J connectivity index is 2.42. The highest BCUT2D eigenvalue weighted by Crippen LogP contribution is 2.32. The van der Waals surface area contributed by atoms with Gasteiger partial charge in [0.05, 0.1) is 18.6 Å². The molecule has 1 aromatic carbocycles. The molecule has 1 unspecified atom stereocenters. The molecule has 0 fully saturated rings. The first-order valence-electron chi connectivity index (χ1n) is 6.62. The number of benzene rings is 1. The van der Waals surface area contributed by atoms with Crippen LogP contribution in [-0.2, 0) is 4.79 Å². The molecule has 0 aliphatic rings. The van der Waals surface area contributed by atoms with Gasteiger partial charge in [0.1, 0.15) is 11.5 Å². The molecule has 2 aromatic rings. The van der Waals surface area contributed by atoms with Gasteiger partial charge in [-0.25, -0.2) is 0 Å². The molecular formula is C15H17ClN2O3. The van der Waals surface area contributed by atoms with Crippen molar-refractivity contribution in [3.05, 3.63) is 29.1 Å². The van der Waals surface area contributed by atoms with Crippen molar-refractivity contribution in [3.8, 4) is 17.1 Å². The summed E-state index contributed by atoms with van der Waals surface area (Å²) in [6.07, 6.45) is 0. The molecule has 2 rings (SSSR count). The van der Waals surface area contributed by atoms with E-state index in [1.54, 1.807) is 25.3 Å². The molecule has 0 spiro atoms. The molecule has 6 heteroatoms. The summed E-state index contributed by atoms with van der Waals surface area (Å²) in [6, 6.07) is 5.16. The first-order chi connectivity index (χ1) is 9.93. The summed E-state index contributed by atoms with van der Waals surface area (Å²) in [7, 11) is 1.54. The van der Waals surface area contributed by atoms with Gasteiger partial charge in [-0.1, -0.05) is 30.6 Å². The first-order valence-corrected chi connectivity index (χ1v) is 6.99. The van der Waals surface area contributed by atoms with E-state index < -0.39 is 5.92 Å². The molecule has 0 N–H and O–H groups in total. The quantitative estimate of drug-likeness (QED) is 0.842. The predicted molar refractivity (Wildman–Crippen MR) is 79.6 cm³/mol. The van der Waals surface area contributed by atoms with Crippen LogP contribution in [0.1, 0.15) is 32.6 Å². The van der Waals surface area contributed by atoms with Crippen molar-refractivity contribution in [2.24, 2.45) is 5.92 Å². The number of hydrogen-bond acceptors (Lipinski definition) is 5. The lowest BCUT2D eigenvalue weighted by Gasteiger charge is -2.12. The highest BCUT2D eigenvalue weighted by Gasteiger charge is 2.27. The van der Waals surface area contributed by atoms with Gasteiger partial charge < -0.3 is 9.26 Å². The Hall–Kier alpha value is -1.88. The van der Waals surface area contributed by atoms with E-state index in [2.05, 4.69) is 10.1 Å². The van der Waals surface area contributed by atoms with Crippen LogP contribution in [0.5, 0.6) is 5.75 Å². The van der Waals surface area contributed by atoms with Crippen LogP contribution >= 0.6 is 11.6 Å². The molecule has 0 aliphatic carbocycles. The fourth-order valence-electron chi connectivity index (χ4n) is 2.25. The minimum absolute atomic E-state index is 0.00303. The van der Waals surface area contributed by atoms with Gasteiger partial charge in [-0.3, -0.25) is 4.79 Å². The minimum Gasteiger partial charge on any atom is -0.496 e. The molecule has 0 saturated heterocycles. The van der Waals surface area contributed by atoms with Crippen LogP contribution in [0.4, 0.5) is 0 Å². The minimum atomic E-state index is -0.399. The smallest absolute Gasteiger partial charge is 0.237 e. The Morgan fingerprint density at radius 3 is 2.67 bits per heavy atom. The van der Waals surface area contributed by atoms with E-state index in [4.69, 9.17) is 20.9 Å². The molecule has 0 radical (unpaired) electrons. The standard InChI is InChI=1S/C15H17ClN2O3/c1-8(2)13(9(3)19)15-17-14(18-21-15)11-6-5-10(16)7-12(11)20-4/h5-8,13H,1-4H3. The lowest BCUT2D eigenvalue weighted by molar-refractivity contribution is -0.119. The third-order valence-corrected chi connectivity index (χ3v) is 3.45. The van der Waals surface area contributed by atoms with E-state index in [0.29, 0.717) is 28.1 Å². The second kappa shape index (κ2) is 6.26. The third kappa shape index (κ3) is 3.24. The molecule has 0 amide bonds. The van der Waals surface area contributed by atoms with E-state index in [1.165, 1.54) is 6.92 Å². The van der Waals surface area contributed by atoms with E-state index in [1.807, 2.05) is 13.8 Å². The summed E-state index contributed by atoms with van der Waals surface area (Å²) < 4.78 is 10.5. The number of ether oxygens (including phenoxy) is 1. The van der Waals surface area contributed by atoms with Crippen LogP contribution in [0.3, 0.4) is 0 Å². The lowest BCUT2D eigenvalue weighted by atomic mass is 9.92. The van der Waals surface area contributed by atoms with Crippen LogP contribution in [0.25, 0.3) is 11.4 Å². The fourth-order valence-corrected chi connectivity index (χ4v) is 2.41. The SMILES string of the molecule is COc1cc(Cl)ccc1-c1noc(C(C(C)=O)C(C)C)n1. The van der Waals surface area contributed by atoms with Crippen LogP contribution in [0.15, 0.2) is 22.7 Å². The highest BCUT2D eigenvalue weighted by molar-refractivity contribution is 6.30. The van der Waals surface area contributed by atoms with Gasteiger partial charge in [0.25, 0.3) is 0 Å². The number of hydrogen-bond donors (Lipinski definition) is 0. The molecule has 0 aliphatic heterocycles. The average Bonchev–Trinajstić information content (AvgIpc) is 2.86. The molecule has 21 heavy (non-hydrogen) atoms. The third-order valence-electron chi connectivity index (χ3n) is 3.22. The van der Waals surface area contributed by atoms with Crippen molar-refractivity contribution in [1.29, 1.82) is 0 Å². The second-order valence-electron chi connectivity index (χ2n) is 5.13. The van der Waals surface area contributed by atoms with Gasteiger partial charge in [0, 0.05) is 5.02 Å². The van der Waals surface area contributed by atoms with Crippen molar-refractivity contribution < 1.29 is 14.1 Å². The average molecular weight is 309 g/mol. The Morgan fingerprint density at radius 2 is 2.10 bits per heavy atom. The number of ketones is 1. The first kappa shape index (κ1) is 15.5. The topological polar surface area (TPSA) is 65.2 Å². The van der Waals surface area contributed by atoms with Gasteiger partial charge in [-0.15, -0.1) is 0 Å². The van der Waals surface area contributed by atoms with Gasteiger partial charge in [0.2, 0.25) is 11.7 Å². The van der Waals surface area contributed by atoms with Gasteiger partial charge in [-0.2, -0.15) is 4.98 Å². The summed E-state index contributed by atoms with van der Waals surface area (Å²) in [4.78, 5) is 16.1. The maximum Gasteiger partial charge on any atom is 0.237 e. The summed E-state index contributed by atoms with van der Waals surface area (Å²) in [5.74, 6) is 0.949. The van der Waals surface area contributed by atoms with E-state index in [-0.39, 0.29) is 11.7 Å². The number of halogens is 1. The van der Waals surface area contributed by atoms with Crippen molar-refractivity contribution in [2.75, 3.05) is 7.11 Å². The predicted octanol–water partition coefficient (Wildman–Crippen LogP) is 3.73. The molecule has 0 saturated carbocycles. The Morgan fingerprint density at radius 1 is 1.38 bits per heavy atom. The Labute approximate surface area is 128 Å². The maximum absolute atomic E-state index is 11.7. The summed E-state index contributed by atoms with van der Waals surface area (Å²) in [5, 5.41) is 4.51. The van der Waals surface area contributed by atoms with Crippen LogP contribution in [-0.4, -0.2) is 23.0 Å². The van der Waals surface area contributed by atoms with Gasteiger partial charge in [-0.05, 0) is 31.0 Å². The van der Waals surface area contributed by atoms with Crippen LogP contribution in [0, 0.1) is 5.92 Å². The van der Waals surface area contributed by atoms with E-state index >= 15 is 0 Å². The van der Waals surface area contributed by atoms with Gasteiger partial charge in [0.15, 0.2) is 0 Å². The molecule has 1 atom stereocenters. The molecular weight excluding hydrogens is 292 g/mol. The number of rotatable bonds is 5. The number of carbonyl (C=O) groups is 1. The zero-order valence-electron chi connectivity index (χ0n) is 12.4. The molecule has 1 aromatic heterocycles.